The van der Waals surface area contributed by atoms with E-state index in [1.54, 1.807) is 18.5 Å². The molecule has 0 spiro atoms. The second-order valence-corrected chi connectivity index (χ2v) is 3.48. The molecule has 0 amide bonds. The van der Waals surface area contributed by atoms with Crippen molar-refractivity contribution >= 4 is 17.9 Å². The maximum atomic E-state index is 10.3. The molecule has 0 unspecified atom stereocenters. The van der Waals surface area contributed by atoms with E-state index in [9.17, 15) is 4.79 Å². The average molecular weight is 217 g/mol. The van der Waals surface area contributed by atoms with Crippen LogP contribution in [0, 0.1) is 0 Å². The third-order valence-corrected chi connectivity index (χ3v) is 2.30. The van der Waals surface area contributed by atoms with Crippen LogP contribution in [0.1, 0.15) is 5.69 Å². The summed E-state index contributed by atoms with van der Waals surface area (Å²) < 4.78 is 0. The molecule has 3 heteroatoms. The van der Waals surface area contributed by atoms with Gasteiger partial charge in [-0.15, -0.1) is 0 Å². The van der Waals surface area contributed by atoms with Crippen molar-refractivity contribution in [3.05, 3.63) is 53.3 Å². The number of pyridine rings is 1. The number of hydrogen-bond acceptors (Lipinski definition) is 2. The fourth-order valence-electron chi connectivity index (χ4n) is 1.27. The van der Waals surface area contributed by atoms with Crippen LogP contribution in [0.3, 0.4) is 0 Å². The summed E-state index contributed by atoms with van der Waals surface area (Å²) >= 11 is 5.78. The molecule has 73 valence electrons. The van der Waals surface area contributed by atoms with Crippen LogP contribution in [0.25, 0.3) is 11.1 Å². The van der Waals surface area contributed by atoms with Gasteiger partial charge in [-0.25, -0.2) is 0 Å². The summed E-state index contributed by atoms with van der Waals surface area (Å²) in [6.45, 7) is 0. The topological polar surface area (TPSA) is 30.0 Å². The van der Waals surface area contributed by atoms with Crippen LogP contribution in [-0.4, -0.2) is 11.3 Å². The predicted octanol–water partition coefficient (Wildman–Crippen LogP) is 2.86. The molecule has 0 aliphatic carbocycles. The Morgan fingerprint density at radius 3 is 2.20 bits per heavy atom. The smallest absolute Gasteiger partial charge is 0.253 e. The van der Waals surface area contributed by atoms with Crippen LogP contribution >= 0.6 is 11.6 Å². The van der Waals surface area contributed by atoms with E-state index in [-0.39, 0.29) is 0 Å². The maximum absolute atomic E-state index is 10.3. The van der Waals surface area contributed by atoms with Gasteiger partial charge in [0.2, 0.25) is 0 Å². The number of rotatable bonds is 2. The van der Waals surface area contributed by atoms with Gasteiger partial charge in [0, 0.05) is 16.8 Å². The number of hydrogen-bond donors (Lipinski definition) is 0. The van der Waals surface area contributed by atoms with Crippen molar-refractivity contribution in [1.29, 1.82) is 0 Å². The van der Waals surface area contributed by atoms with Crippen molar-refractivity contribution in [2.24, 2.45) is 0 Å². The molecule has 0 saturated heterocycles. The molecule has 1 aromatic carbocycles. The van der Waals surface area contributed by atoms with Crippen LogP contribution in [0.2, 0.25) is 5.02 Å². The first kappa shape index (κ1) is 9.87. The monoisotopic (exact) mass is 216 g/mol. The zero-order valence-electron chi connectivity index (χ0n) is 7.77. The highest BCUT2D eigenvalue weighted by Crippen LogP contribution is 2.20. The Labute approximate surface area is 92.5 Å². The summed E-state index contributed by atoms with van der Waals surface area (Å²) in [5.41, 5.74) is 2.28. The molecule has 2 rings (SSSR count). The standard InChI is InChI=1S/C12H7ClNO/c13-11-4-1-9(2-5-11)10-3-6-12(8-15)14-7-10/h1-7H. The summed E-state index contributed by atoms with van der Waals surface area (Å²) in [5.74, 6) is 0. The van der Waals surface area contributed by atoms with E-state index in [0.29, 0.717) is 10.7 Å². The van der Waals surface area contributed by atoms with Gasteiger partial charge in [0.25, 0.3) is 6.29 Å². The molecule has 0 fully saturated rings. The SMILES string of the molecule is O=[C]c1ccc(-c2ccc(Cl)cc2)cn1. The third-order valence-electron chi connectivity index (χ3n) is 2.05. The highest BCUT2D eigenvalue weighted by Gasteiger charge is 1.98. The van der Waals surface area contributed by atoms with Crippen molar-refractivity contribution in [3.8, 4) is 11.1 Å². The Bertz CT molecular complexity index is 462. The Kier molecular flexibility index (Phi) is 2.79. The van der Waals surface area contributed by atoms with E-state index in [2.05, 4.69) is 4.98 Å². The quantitative estimate of drug-likeness (QED) is 0.773. The Hall–Kier alpha value is -1.67. The van der Waals surface area contributed by atoms with Crippen molar-refractivity contribution < 1.29 is 4.79 Å². The molecule has 1 radical (unpaired) electrons. The molecule has 15 heavy (non-hydrogen) atoms. The fraction of sp³-hybridized carbons (Fsp3) is 0. The molecule has 0 bridgehead atoms. The molecule has 0 N–H and O–H groups in total. The van der Waals surface area contributed by atoms with Gasteiger partial charge in [-0.05, 0) is 23.8 Å². The van der Waals surface area contributed by atoms with E-state index in [0.717, 1.165) is 11.1 Å². The van der Waals surface area contributed by atoms with Crippen molar-refractivity contribution in [1.82, 2.24) is 4.98 Å². The molecule has 0 aliphatic rings. The lowest BCUT2D eigenvalue weighted by molar-refractivity contribution is 0.561. The Balaban J connectivity index is 2.37. The van der Waals surface area contributed by atoms with E-state index in [1.807, 2.05) is 30.3 Å². The van der Waals surface area contributed by atoms with Gasteiger partial charge in [-0.1, -0.05) is 29.8 Å². The zero-order chi connectivity index (χ0) is 10.7. The highest BCUT2D eigenvalue weighted by atomic mass is 35.5. The largest absolute Gasteiger partial charge is 0.283 e. The van der Waals surface area contributed by atoms with Gasteiger partial charge >= 0.3 is 0 Å². The molecule has 2 aromatic rings. The second-order valence-electron chi connectivity index (χ2n) is 3.04. The van der Waals surface area contributed by atoms with Crippen molar-refractivity contribution in [2.75, 3.05) is 0 Å². The van der Waals surface area contributed by atoms with Crippen molar-refractivity contribution in [3.63, 3.8) is 0 Å². The summed E-state index contributed by atoms with van der Waals surface area (Å²) in [4.78, 5) is 14.2. The van der Waals surface area contributed by atoms with E-state index < -0.39 is 0 Å². The van der Waals surface area contributed by atoms with Crippen LogP contribution in [-0.2, 0) is 4.79 Å². The molecule has 1 aromatic heterocycles. The number of halogens is 1. The van der Waals surface area contributed by atoms with Crippen LogP contribution < -0.4 is 0 Å². The molecular formula is C12H7ClNO. The van der Waals surface area contributed by atoms with E-state index >= 15 is 0 Å². The van der Waals surface area contributed by atoms with Gasteiger partial charge in [0.1, 0.15) is 5.69 Å². The van der Waals surface area contributed by atoms with E-state index in [4.69, 9.17) is 11.6 Å². The lowest BCUT2D eigenvalue weighted by atomic mass is 10.1. The number of carbonyl (C=O) groups excluding carboxylic acids is 1. The molecule has 0 atom stereocenters. The first-order chi connectivity index (χ1) is 7.29. The molecule has 0 aliphatic heterocycles. The summed E-state index contributed by atoms with van der Waals surface area (Å²) in [5, 5.41) is 0.699. The van der Waals surface area contributed by atoms with Crippen LogP contribution in [0.5, 0.6) is 0 Å². The van der Waals surface area contributed by atoms with E-state index in [1.165, 1.54) is 0 Å². The second kappa shape index (κ2) is 4.24. The molecule has 2 nitrogen and oxygen atoms in total. The average Bonchev–Trinajstić information content (AvgIpc) is 2.30. The summed E-state index contributed by atoms with van der Waals surface area (Å²) in [7, 11) is 0. The minimum Gasteiger partial charge on any atom is -0.283 e. The predicted molar refractivity (Wildman–Crippen MR) is 59.5 cm³/mol. The van der Waals surface area contributed by atoms with Gasteiger partial charge < -0.3 is 0 Å². The summed E-state index contributed by atoms with van der Waals surface area (Å²) in [6.07, 6.45) is 3.37. The van der Waals surface area contributed by atoms with Gasteiger partial charge in [-0.2, -0.15) is 0 Å². The number of nitrogens with zero attached hydrogens (tertiary/aromatic N) is 1. The molecular weight excluding hydrogens is 210 g/mol. The maximum Gasteiger partial charge on any atom is 0.253 e. The number of benzene rings is 1. The van der Waals surface area contributed by atoms with Crippen LogP contribution in [0.4, 0.5) is 0 Å². The molecule has 0 saturated carbocycles. The fourth-order valence-corrected chi connectivity index (χ4v) is 1.39. The summed E-state index contributed by atoms with van der Waals surface area (Å²) in [6, 6.07) is 10.9. The Morgan fingerprint density at radius 2 is 1.67 bits per heavy atom. The number of aromatic nitrogens is 1. The van der Waals surface area contributed by atoms with Gasteiger partial charge in [0.15, 0.2) is 0 Å². The minimum absolute atomic E-state index is 0.313. The minimum atomic E-state index is 0.313. The van der Waals surface area contributed by atoms with Gasteiger partial charge in [0.05, 0.1) is 0 Å². The lowest BCUT2D eigenvalue weighted by Gasteiger charge is -2.00. The highest BCUT2D eigenvalue weighted by molar-refractivity contribution is 6.30. The van der Waals surface area contributed by atoms with Gasteiger partial charge in [-0.3, -0.25) is 9.78 Å². The molecule has 1 heterocycles. The zero-order valence-corrected chi connectivity index (χ0v) is 8.53. The third kappa shape index (κ3) is 2.22. The van der Waals surface area contributed by atoms with Crippen LogP contribution in [0.15, 0.2) is 42.6 Å². The first-order valence-corrected chi connectivity index (χ1v) is 4.77. The first-order valence-electron chi connectivity index (χ1n) is 4.40. The van der Waals surface area contributed by atoms with Crippen molar-refractivity contribution in [2.45, 2.75) is 0 Å². The lowest BCUT2D eigenvalue weighted by Crippen LogP contribution is -1.86. The normalized spacial score (nSPS) is 9.93. The Morgan fingerprint density at radius 1 is 1.00 bits per heavy atom.